The fourth-order valence-corrected chi connectivity index (χ4v) is 3.78. The Hall–Kier alpha value is -1.43. The Morgan fingerprint density at radius 1 is 1.22 bits per heavy atom. The van der Waals surface area contributed by atoms with Crippen LogP contribution in [0.2, 0.25) is 0 Å². The number of carboxylic acids is 1. The summed E-state index contributed by atoms with van der Waals surface area (Å²) in [5.41, 5.74) is 1.37. The molecule has 23 heavy (non-hydrogen) atoms. The Bertz CT molecular complexity index is 500. The number of piperazine rings is 1. The summed E-state index contributed by atoms with van der Waals surface area (Å²) < 4.78 is 0. The number of nitrogens with zero attached hydrogens (tertiary/aromatic N) is 2. The van der Waals surface area contributed by atoms with E-state index in [1.807, 2.05) is 11.4 Å². The molecule has 0 spiro atoms. The van der Waals surface area contributed by atoms with E-state index in [4.69, 9.17) is 5.11 Å². The summed E-state index contributed by atoms with van der Waals surface area (Å²) in [6.07, 6.45) is 2.28. The van der Waals surface area contributed by atoms with Gasteiger partial charge in [0.25, 0.3) is 0 Å². The van der Waals surface area contributed by atoms with Gasteiger partial charge in [-0.3, -0.25) is 14.6 Å². The van der Waals surface area contributed by atoms with Crippen molar-refractivity contribution < 1.29 is 9.90 Å². The molecule has 1 aromatic carbocycles. The zero-order chi connectivity index (χ0) is 16.1. The maximum absolute atomic E-state index is 11.1. The molecule has 1 aromatic rings. The molecule has 1 radical (unpaired) electrons. The lowest BCUT2D eigenvalue weighted by atomic mass is 9.87. The molecule has 0 bridgehead atoms. The minimum Gasteiger partial charge on any atom is -0.480 e. The number of hydrogen-bond donors (Lipinski definition) is 2. The van der Waals surface area contributed by atoms with E-state index in [9.17, 15) is 4.79 Å². The number of piperidine rings is 1. The first-order valence-electron chi connectivity index (χ1n) is 8.50. The third-order valence-electron chi connectivity index (χ3n) is 4.99. The Morgan fingerprint density at radius 3 is 2.65 bits per heavy atom. The lowest BCUT2D eigenvalue weighted by Crippen LogP contribution is -2.55. The molecule has 2 aliphatic heterocycles. The molecular weight excluding hydrogens is 290 g/mol. The predicted molar refractivity (Wildman–Crippen MR) is 89.7 cm³/mol. The van der Waals surface area contributed by atoms with Crippen molar-refractivity contribution in [3.05, 3.63) is 42.4 Å². The average Bonchev–Trinajstić information content (AvgIpc) is 2.57. The average molecular weight is 316 g/mol. The van der Waals surface area contributed by atoms with E-state index in [1.54, 1.807) is 0 Å². The van der Waals surface area contributed by atoms with Gasteiger partial charge >= 0.3 is 5.97 Å². The standard InChI is InChI=1S/C18H26N3O2/c22-18(23)14-21-11-8-19-12-17(21)16-6-9-20(10-7-16)13-15-4-2-1-3-5-15/h1-5,11,16-17,19H,6-10,12-14H2,(H,22,23). The number of carboxylic acid groups (broad SMARTS) is 1. The van der Waals surface area contributed by atoms with Gasteiger partial charge in [-0.15, -0.1) is 0 Å². The van der Waals surface area contributed by atoms with Crippen LogP contribution in [-0.4, -0.2) is 59.6 Å². The Labute approximate surface area is 138 Å². The molecule has 5 heteroatoms. The van der Waals surface area contributed by atoms with Crippen LogP contribution in [0, 0.1) is 12.5 Å². The molecule has 0 aliphatic carbocycles. The lowest BCUT2D eigenvalue weighted by Gasteiger charge is -2.43. The molecule has 2 heterocycles. The number of benzene rings is 1. The summed E-state index contributed by atoms with van der Waals surface area (Å²) >= 11 is 0. The van der Waals surface area contributed by atoms with E-state index in [-0.39, 0.29) is 6.54 Å². The molecule has 3 rings (SSSR count). The van der Waals surface area contributed by atoms with Crippen LogP contribution < -0.4 is 5.32 Å². The first-order chi connectivity index (χ1) is 11.2. The van der Waals surface area contributed by atoms with Crippen LogP contribution in [0.4, 0.5) is 0 Å². The molecule has 2 fully saturated rings. The molecule has 5 nitrogen and oxygen atoms in total. The molecule has 0 amide bonds. The molecule has 1 atom stereocenters. The number of rotatable bonds is 5. The summed E-state index contributed by atoms with van der Waals surface area (Å²) in [7, 11) is 0. The van der Waals surface area contributed by atoms with E-state index in [1.165, 1.54) is 5.56 Å². The van der Waals surface area contributed by atoms with Gasteiger partial charge in [-0.25, -0.2) is 0 Å². The molecule has 2 saturated heterocycles. The summed E-state index contributed by atoms with van der Waals surface area (Å²) in [5.74, 6) is -0.167. The topological polar surface area (TPSA) is 55.8 Å². The van der Waals surface area contributed by atoms with Crippen molar-refractivity contribution in [1.82, 2.24) is 15.1 Å². The van der Waals surface area contributed by atoms with E-state index < -0.39 is 5.97 Å². The highest BCUT2D eigenvalue weighted by atomic mass is 16.4. The van der Waals surface area contributed by atoms with Crippen molar-refractivity contribution in [3.63, 3.8) is 0 Å². The van der Waals surface area contributed by atoms with E-state index >= 15 is 0 Å². The number of hydrogen-bond acceptors (Lipinski definition) is 4. The minimum absolute atomic E-state index is 0.122. The second-order valence-electron chi connectivity index (χ2n) is 6.57. The van der Waals surface area contributed by atoms with Crippen LogP contribution in [0.1, 0.15) is 18.4 Å². The lowest BCUT2D eigenvalue weighted by molar-refractivity contribution is -0.139. The first kappa shape index (κ1) is 16.4. The fraction of sp³-hybridized carbons (Fsp3) is 0.556. The van der Waals surface area contributed by atoms with E-state index in [2.05, 4.69) is 40.5 Å². The largest absolute Gasteiger partial charge is 0.480 e. The molecule has 1 unspecified atom stereocenters. The second-order valence-corrected chi connectivity index (χ2v) is 6.57. The summed E-state index contributed by atoms with van der Waals surface area (Å²) in [6, 6.07) is 10.9. The van der Waals surface area contributed by atoms with Crippen LogP contribution >= 0.6 is 0 Å². The van der Waals surface area contributed by atoms with Gasteiger partial charge in [-0.05, 0) is 37.4 Å². The number of carbonyl (C=O) groups is 1. The van der Waals surface area contributed by atoms with Crippen molar-refractivity contribution in [3.8, 4) is 0 Å². The van der Waals surface area contributed by atoms with Crippen molar-refractivity contribution >= 4 is 5.97 Å². The van der Waals surface area contributed by atoms with Gasteiger partial charge in [0.2, 0.25) is 0 Å². The summed E-state index contributed by atoms with van der Waals surface area (Å²) in [6.45, 7) is 7.01. The molecule has 2 N–H and O–H groups in total. The highest BCUT2D eigenvalue weighted by molar-refractivity contribution is 5.69. The predicted octanol–water partition coefficient (Wildman–Crippen LogP) is 1.42. The van der Waals surface area contributed by atoms with E-state index in [0.717, 1.165) is 45.6 Å². The second kappa shape index (κ2) is 7.90. The zero-order valence-corrected chi connectivity index (χ0v) is 13.5. The van der Waals surface area contributed by atoms with Gasteiger partial charge in [0, 0.05) is 32.2 Å². The molecular formula is C18H26N3O2. The van der Waals surface area contributed by atoms with Crippen LogP contribution in [0.3, 0.4) is 0 Å². The fourth-order valence-electron chi connectivity index (χ4n) is 3.78. The van der Waals surface area contributed by atoms with Crippen molar-refractivity contribution in [2.24, 2.45) is 5.92 Å². The van der Waals surface area contributed by atoms with Gasteiger partial charge in [-0.2, -0.15) is 0 Å². The zero-order valence-electron chi connectivity index (χ0n) is 13.5. The molecule has 0 saturated carbocycles. The smallest absolute Gasteiger partial charge is 0.317 e. The maximum Gasteiger partial charge on any atom is 0.317 e. The van der Waals surface area contributed by atoms with Crippen molar-refractivity contribution in [2.45, 2.75) is 25.4 Å². The third-order valence-corrected chi connectivity index (χ3v) is 4.99. The van der Waals surface area contributed by atoms with Crippen LogP contribution in [-0.2, 0) is 11.3 Å². The van der Waals surface area contributed by atoms with Crippen molar-refractivity contribution in [2.75, 3.05) is 32.7 Å². The third kappa shape index (κ3) is 4.53. The van der Waals surface area contributed by atoms with Gasteiger partial charge in [0.1, 0.15) is 0 Å². The first-order valence-corrected chi connectivity index (χ1v) is 8.50. The summed E-state index contributed by atoms with van der Waals surface area (Å²) in [4.78, 5) is 15.6. The maximum atomic E-state index is 11.1. The van der Waals surface area contributed by atoms with Gasteiger partial charge < -0.3 is 10.4 Å². The van der Waals surface area contributed by atoms with Crippen LogP contribution in [0.5, 0.6) is 0 Å². The molecule has 2 aliphatic rings. The normalized spacial score (nSPS) is 24.6. The number of aliphatic carboxylic acids is 1. The Morgan fingerprint density at radius 2 is 1.96 bits per heavy atom. The van der Waals surface area contributed by atoms with Gasteiger partial charge in [0.05, 0.1) is 6.54 Å². The highest BCUT2D eigenvalue weighted by Crippen LogP contribution is 2.26. The quantitative estimate of drug-likeness (QED) is 0.860. The summed E-state index contributed by atoms with van der Waals surface area (Å²) in [5, 5.41) is 12.5. The minimum atomic E-state index is -0.741. The monoisotopic (exact) mass is 316 g/mol. The van der Waals surface area contributed by atoms with E-state index in [0.29, 0.717) is 12.0 Å². The van der Waals surface area contributed by atoms with Crippen molar-refractivity contribution in [1.29, 1.82) is 0 Å². The number of nitrogens with one attached hydrogen (secondary N) is 1. The molecule has 0 aromatic heterocycles. The van der Waals surface area contributed by atoms with Gasteiger partial charge in [0.15, 0.2) is 0 Å². The van der Waals surface area contributed by atoms with Crippen LogP contribution in [0.15, 0.2) is 30.3 Å². The Balaban J connectivity index is 1.52. The van der Waals surface area contributed by atoms with Gasteiger partial charge in [-0.1, -0.05) is 30.3 Å². The number of likely N-dealkylation sites (tertiary alicyclic amines) is 1. The van der Waals surface area contributed by atoms with Crippen LogP contribution in [0.25, 0.3) is 0 Å². The highest BCUT2D eigenvalue weighted by Gasteiger charge is 2.33. The molecule has 125 valence electrons. The Kier molecular flexibility index (Phi) is 5.65. The SMILES string of the molecule is O=C(O)CN1[CH]CNCC1C1CCN(Cc2ccccc2)CC1.